The summed E-state index contributed by atoms with van der Waals surface area (Å²) in [6.45, 7) is 0. The van der Waals surface area contributed by atoms with Gasteiger partial charge in [0.1, 0.15) is 5.75 Å². The average molecular weight is 333 g/mol. The van der Waals surface area contributed by atoms with Crippen LogP contribution in [0.1, 0.15) is 0 Å². The topological polar surface area (TPSA) is 35.2 Å². The van der Waals surface area contributed by atoms with E-state index in [1.807, 2.05) is 6.07 Å². The molecule has 0 bridgehead atoms. The smallest absolute Gasteiger partial charge is 0.151 e. The molecule has 0 aliphatic carbocycles. The molecule has 2 aromatic rings. The van der Waals surface area contributed by atoms with E-state index < -0.39 is 0 Å². The van der Waals surface area contributed by atoms with Gasteiger partial charge in [-0.2, -0.15) is 0 Å². The summed E-state index contributed by atoms with van der Waals surface area (Å²) in [5.41, 5.74) is 6.34. The summed E-state index contributed by atoms with van der Waals surface area (Å²) in [5, 5.41) is 1.03. The molecule has 88 valence electrons. The molecule has 0 saturated carbocycles. The van der Waals surface area contributed by atoms with Crippen LogP contribution < -0.4 is 10.5 Å². The third kappa shape index (κ3) is 3.06. The fourth-order valence-electron chi connectivity index (χ4n) is 1.27. The molecule has 2 rings (SSSR count). The lowest BCUT2D eigenvalue weighted by Crippen LogP contribution is -1.92. The van der Waals surface area contributed by atoms with Gasteiger partial charge < -0.3 is 10.5 Å². The second-order valence-electron chi connectivity index (χ2n) is 3.36. The van der Waals surface area contributed by atoms with Crippen LogP contribution in [0.3, 0.4) is 0 Å². The van der Waals surface area contributed by atoms with Crippen LogP contribution in [-0.2, 0) is 0 Å². The van der Waals surface area contributed by atoms with Gasteiger partial charge in [-0.25, -0.2) is 0 Å². The maximum Gasteiger partial charge on any atom is 0.151 e. The van der Waals surface area contributed by atoms with Gasteiger partial charge in [0, 0.05) is 15.6 Å². The van der Waals surface area contributed by atoms with E-state index in [9.17, 15) is 0 Å². The molecule has 0 radical (unpaired) electrons. The third-order valence-electron chi connectivity index (χ3n) is 2.09. The fourth-order valence-corrected chi connectivity index (χ4v) is 1.93. The molecule has 2 N–H and O–H groups in total. The van der Waals surface area contributed by atoms with Gasteiger partial charge in [0.15, 0.2) is 5.75 Å². The molecule has 0 amide bonds. The highest BCUT2D eigenvalue weighted by Gasteiger charge is 2.07. The number of benzene rings is 2. The van der Waals surface area contributed by atoms with Crippen LogP contribution in [0.4, 0.5) is 5.69 Å². The van der Waals surface area contributed by atoms with Gasteiger partial charge in [0.05, 0.1) is 10.7 Å². The van der Waals surface area contributed by atoms with Gasteiger partial charge in [0.25, 0.3) is 0 Å². The molecule has 0 aromatic heterocycles. The largest absolute Gasteiger partial charge is 0.454 e. The number of halogens is 3. The zero-order chi connectivity index (χ0) is 12.4. The van der Waals surface area contributed by atoms with E-state index in [2.05, 4.69) is 15.9 Å². The van der Waals surface area contributed by atoms with Crippen LogP contribution >= 0.6 is 39.1 Å². The van der Waals surface area contributed by atoms with Crippen molar-refractivity contribution < 1.29 is 4.74 Å². The first kappa shape index (κ1) is 12.6. The standard InChI is InChI=1S/C12H8BrCl2NO/c13-7-1-4-10(16)12(5-7)17-11-6-8(14)2-3-9(11)15/h1-6H,16H2. The molecule has 0 unspecified atom stereocenters. The number of anilines is 1. The molecule has 0 saturated heterocycles. The van der Waals surface area contributed by atoms with E-state index in [0.29, 0.717) is 27.2 Å². The van der Waals surface area contributed by atoms with Crippen molar-refractivity contribution in [2.75, 3.05) is 5.73 Å². The molecule has 0 atom stereocenters. The number of hydrogen-bond donors (Lipinski definition) is 1. The van der Waals surface area contributed by atoms with Crippen LogP contribution in [0.2, 0.25) is 10.0 Å². The number of ether oxygens (including phenoxy) is 1. The summed E-state index contributed by atoms with van der Waals surface area (Å²) in [4.78, 5) is 0. The van der Waals surface area contributed by atoms with Crippen molar-refractivity contribution in [3.05, 3.63) is 50.9 Å². The lowest BCUT2D eigenvalue weighted by molar-refractivity contribution is 0.485. The highest BCUT2D eigenvalue weighted by molar-refractivity contribution is 9.10. The van der Waals surface area contributed by atoms with Crippen molar-refractivity contribution in [3.63, 3.8) is 0 Å². The quantitative estimate of drug-likeness (QED) is 0.773. The van der Waals surface area contributed by atoms with E-state index in [4.69, 9.17) is 33.7 Å². The van der Waals surface area contributed by atoms with Crippen molar-refractivity contribution in [2.45, 2.75) is 0 Å². The Morgan fingerprint density at radius 2 is 1.76 bits per heavy atom. The van der Waals surface area contributed by atoms with Gasteiger partial charge in [0.2, 0.25) is 0 Å². The molecule has 5 heteroatoms. The predicted octanol–water partition coefficient (Wildman–Crippen LogP) is 5.13. The molecule has 17 heavy (non-hydrogen) atoms. The van der Waals surface area contributed by atoms with Crippen molar-refractivity contribution in [2.24, 2.45) is 0 Å². The normalized spacial score (nSPS) is 10.3. The lowest BCUT2D eigenvalue weighted by atomic mass is 10.3. The van der Waals surface area contributed by atoms with Crippen molar-refractivity contribution in [1.82, 2.24) is 0 Å². The zero-order valence-electron chi connectivity index (χ0n) is 8.58. The number of rotatable bonds is 2. The molecule has 0 aliphatic rings. The Kier molecular flexibility index (Phi) is 3.82. The van der Waals surface area contributed by atoms with E-state index >= 15 is 0 Å². The van der Waals surface area contributed by atoms with Gasteiger partial charge >= 0.3 is 0 Å². The second-order valence-corrected chi connectivity index (χ2v) is 5.12. The second kappa shape index (κ2) is 5.17. The minimum Gasteiger partial charge on any atom is -0.454 e. The van der Waals surface area contributed by atoms with E-state index in [1.54, 1.807) is 30.3 Å². The number of hydrogen-bond acceptors (Lipinski definition) is 2. The summed E-state index contributed by atoms with van der Waals surface area (Å²) in [7, 11) is 0. The Morgan fingerprint density at radius 3 is 2.53 bits per heavy atom. The Hall–Kier alpha value is -0.900. The number of nitrogens with two attached hydrogens (primary N) is 1. The van der Waals surface area contributed by atoms with Crippen molar-refractivity contribution >= 4 is 44.8 Å². The van der Waals surface area contributed by atoms with Gasteiger partial charge in [-0.05, 0) is 30.3 Å². The molecule has 0 heterocycles. The van der Waals surface area contributed by atoms with Crippen LogP contribution in [-0.4, -0.2) is 0 Å². The maximum atomic E-state index is 6.00. The summed E-state index contributed by atoms with van der Waals surface area (Å²) in [6.07, 6.45) is 0. The summed E-state index contributed by atoms with van der Waals surface area (Å²) < 4.78 is 6.51. The summed E-state index contributed by atoms with van der Waals surface area (Å²) in [6, 6.07) is 10.4. The van der Waals surface area contributed by atoms with Gasteiger partial charge in [-0.15, -0.1) is 0 Å². The van der Waals surface area contributed by atoms with Crippen molar-refractivity contribution in [1.29, 1.82) is 0 Å². The molecule has 0 spiro atoms. The third-order valence-corrected chi connectivity index (χ3v) is 3.13. The average Bonchev–Trinajstić information content (AvgIpc) is 2.28. The van der Waals surface area contributed by atoms with E-state index in [-0.39, 0.29) is 0 Å². The Morgan fingerprint density at radius 1 is 1.00 bits per heavy atom. The van der Waals surface area contributed by atoms with E-state index in [1.165, 1.54) is 0 Å². The maximum absolute atomic E-state index is 6.00. The van der Waals surface area contributed by atoms with Crippen molar-refractivity contribution in [3.8, 4) is 11.5 Å². The molecule has 2 nitrogen and oxygen atoms in total. The van der Waals surface area contributed by atoms with Gasteiger partial charge in [-0.1, -0.05) is 39.1 Å². The predicted molar refractivity (Wildman–Crippen MR) is 75.1 cm³/mol. The fraction of sp³-hybridized carbons (Fsp3) is 0. The minimum absolute atomic E-state index is 0.476. The molecular weight excluding hydrogens is 325 g/mol. The first-order chi connectivity index (χ1) is 8.06. The first-order valence-electron chi connectivity index (χ1n) is 4.74. The molecular formula is C12H8BrCl2NO. The SMILES string of the molecule is Nc1ccc(Br)cc1Oc1cc(Cl)ccc1Cl. The Bertz CT molecular complexity index is 511. The molecule has 0 aliphatic heterocycles. The summed E-state index contributed by atoms with van der Waals surface area (Å²) in [5.74, 6) is 1.01. The number of nitrogen functional groups attached to an aromatic ring is 1. The Balaban J connectivity index is 2.37. The van der Waals surface area contributed by atoms with E-state index in [0.717, 1.165) is 4.47 Å². The Labute approximate surface area is 117 Å². The van der Waals surface area contributed by atoms with Crippen LogP contribution in [0.25, 0.3) is 0 Å². The monoisotopic (exact) mass is 331 g/mol. The lowest BCUT2D eigenvalue weighted by Gasteiger charge is -2.10. The van der Waals surface area contributed by atoms with Crippen LogP contribution in [0, 0.1) is 0 Å². The molecule has 0 fully saturated rings. The zero-order valence-corrected chi connectivity index (χ0v) is 11.7. The first-order valence-corrected chi connectivity index (χ1v) is 6.29. The van der Waals surface area contributed by atoms with Crippen LogP contribution in [0.5, 0.6) is 11.5 Å². The summed E-state index contributed by atoms with van der Waals surface area (Å²) >= 11 is 15.2. The highest BCUT2D eigenvalue weighted by Crippen LogP contribution is 2.35. The van der Waals surface area contributed by atoms with Crippen LogP contribution in [0.15, 0.2) is 40.9 Å². The van der Waals surface area contributed by atoms with Gasteiger partial charge in [-0.3, -0.25) is 0 Å². The minimum atomic E-state index is 0.476. The highest BCUT2D eigenvalue weighted by atomic mass is 79.9. The molecule has 2 aromatic carbocycles.